The number of hydrogen-bond acceptors (Lipinski definition) is 1. The average Bonchev–Trinajstić information content (AvgIpc) is 1.19. The molecule has 0 rings (SSSR count). The van der Waals surface area contributed by atoms with Crippen LogP contribution in [0, 0.1) is 0 Å². The molecule has 0 saturated heterocycles. The second-order valence-corrected chi connectivity index (χ2v) is 14.3. The summed E-state index contributed by atoms with van der Waals surface area (Å²) in [5.41, 5.74) is 6.87. The first kappa shape index (κ1) is 12.8. The van der Waals surface area contributed by atoms with E-state index in [2.05, 4.69) is 11.4 Å². The first-order chi connectivity index (χ1) is 3.73. The van der Waals surface area contributed by atoms with E-state index in [1.807, 2.05) is 0 Å². The van der Waals surface area contributed by atoms with Crippen LogP contribution in [-0.2, 0) is 3.74 Å². The Morgan fingerprint density at radius 1 is 1.44 bits per heavy atom. The molecule has 0 aromatic rings. The van der Waals surface area contributed by atoms with Crippen molar-refractivity contribution in [3.8, 4) is 0 Å². The van der Waals surface area contributed by atoms with Gasteiger partial charge in [0.15, 0.2) is 0 Å². The molecule has 0 aliphatic rings. The van der Waals surface area contributed by atoms with Gasteiger partial charge in [-0.25, -0.2) is 0 Å². The van der Waals surface area contributed by atoms with Gasteiger partial charge in [-0.1, -0.05) is 0 Å². The van der Waals surface area contributed by atoms with Crippen molar-refractivity contribution in [2.24, 2.45) is 0 Å². The summed E-state index contributed by atoms with van der Waals surface area (Å²) in [4.78, 5) is 0. The Morgan fingerprint density at radius 2 is 1.44 bits per heavy atom. The normalized spacial score (nSPS) is 10.6. The van der Waals surface area contributed by atoms with E-state index in [1.54, 1.807) is 0 Å². The molecule has 5 heteroatoms. The van der Waals surface area contributed by atoms with E-state index in [0.29, 0.717) is 0 Å². The molecule has 9 heavy (non-hydrogen) atoms. The van der Waals surface area contributed by atoms with Gasteiger partial charge in [-0.3, -0.25) is 0 Å². The Labute approximate surface area is 68.0 Å². The van der Waals surface area contributed by atoms with Crippen molar-refractivity contribution in [2.45, 2.75) is 22.8 Å². The third-order valence-corrected chi connectivity index (χ3v) is 0. The van der Waals surface area contributed by atoms with E-state index >= 15 is 0 Å². The Kier molecular flexibility index (Phi) is 8.42. The first-order valence-corrected chi connectivity index (χ1v) is 13.9. The van der Waals surface area contributed by atoms with E-state index in [-0.39, 0.29) is 0 Å². The molecule has 1 N–H and O–H groups in total. The van der Waals surface area contributed by atoms with E-state index in [4.69, 9.17) is 14.0 Å². The maximum absolute atomic E-state index is 9.83. The van der Waals surface area contributed by atoms with Gasteiger partial charge in [-0.15, -0.1) is 0 Å². The summed E-state index contributed by atoms with van der Waals surface area (Å²) in [6, 6.07) is 0. The Morgan fingerprint density at radius 3 is 1.44 bits per heavy atom. The van der Waals surface area contributed by atoms with Gasteiger partial charge in [-0.05, 0) is 0 Å². The molecule has 2 nitrogen and oxygen atoms in total. The first-order valence-electron chi connectivity index (χ1n) is 2.34. The summed E-state index contributed by atoms with van der Waals surface area (Å²) >= 11 is -3.84. The zero-order valence-corrected chi connectivity index (χ0v) is 10.6. The van der Waals surface area contributed by atoms with Crippen molar-refractivity contribution in [2.75, 3.05) is 0 Å². The Balaban J connectivity index is 0. The third-order valence-electron chi connectivity index (χ3n) is 0. The van der Waals surface area contributed by atoms with Crippen LogP contribution in [0.3, 0.4) is 0 Å². The molecule has 0 aliphatic heterocycles. The van der Waals surface area contributed by atoms with E-state index in [0.717, 1.165) is 0 Å². The SMILES string of the molecule is C[As](C)(=O)O.C[As](C)Cl. The third kappa shape index (κ3) is 346. The molecule has 0 spiro atoms. The molecule has 0 aromatic heterocycles. The van der Waals surface area contributed by atoms with Crippen LogP contribution in [0.25, 0.3) is 0 Å². The van der Waals surface area contributed by atoms with Crippen LogP contribution in [0.5, 0.6) is 0 Å². The second-order valence-electron chi connectivity index (χ2n) is 2.08. The molecule has 0 amide bonds. The van der Waals surface area contributed by atoms with Crippen LogP contribution < -0.4 is 0 Å². The minimum absolute atomic E-state index is 0.715. The predicted molar refractivity (Wildman–Crippen MR) is 43.7 cm³/mol. The number of rotatable bonds is 0. The topological polar surface area (TPSA) is 37.3 Å². The molecule has 58 valence electrons. The average molecular weight is 278 g/mol. The zero-order valence-electron chi connectivity index (χ0n) is 6.13. The van der Waals surface area contributed by atoms with Gasteiger partial charge >= 0.3 is 68.2 Å². The molecular formula is C4H13As2ClO2. The van der Waals surface area contributed by atoms with Gasteiger partial charge < -0.3 is 0 Å². The summed E-state index contributed by atoms with van der Waals surface area (Å²) in [7, 11) is 5.42. The standard InChI is InChI=1S/C2H6AsCl.C2H7AsO2/c1-3(2)4;1-3(2,4)5/h1-2H3;1-2H3,(H,4,5). The summed E-state index contributed by atoms with van der Waals surface area (Å²) in [5.74, 6) is 0. The monoisotopic (exact) mass is 278 g/mol. The quantitative estimate of drug-likeness (QED) is 0.683. The van der Waals surface area contributed by atoms with Gasteiger partial charge in [-0.2, -0.15) is 0 Å². The fraction of sp³-hybridized carbons (Fsp3) is 1.00. The van der Waals surface area contributed by atoms with E-state index in [9.17, 15) is 3.74 Å². The van der Waals surface area contributed by atoms with Crippen LogP contribution in [0.2, 0.25) is 22.8 Å². The minimum atomic E-state index is -3.12. The van der Waals surface area contributed by atoms with Crippen molar-refractivity contribution in [1.29, 1.82) is 0 Å². The molecule has 0 bridgehead atoms. The number of halogens is 1. The summed E-state index contributed by atoms with van der Waals surface area (Å²) < 4.78 is 18.0. The van der Waals surface area contributed by atoms with Crippen LogP contribution >= 0.6 is 9.95 Å². The predicted octanol–water partition coefficient (Wildman–Crippen LogP) is 1.59. The van der Waals surface area contributed by atoms with E-state index in [1.165, 1.54) is 11.4 Å². The molecule has 0 aliphatic carbocycles. The van der Waals surface area contributed by atoms with Gasteiger partial charge in [0.2, 0.25) is 0 Å². The van der Waals surface area contributed by atoms with Gasteiger partial charge in [0.1, 0.15) is 0 Å². The van der Waals surface area contributed by atoms with Gasteiger partial charge in [0, 0.05) is 0 Å². The van der Waals surface area contributed by atoms with Crippen LogP contribution in [0.4, 0.5) is 0 Å². The van der Waals surface area contributed by atoms with Crippen molar-refractivity contribution in [3.63, 3.8) is 0 Å². The van der Waals surface area contributed by atoms with Crippen LogP contribution in [-0.4, -0.2) is 31.6 Å². The van der Waals surface area contributed by atoms with Crippen molar-refractivity contribution >= 4 is 37.5 Å². The zero-order chi connectivity index (χ0) is 8.08. The Hall–Kier alpha value is 1.17. The van der Waals surface area contributed by atoms with Crippen LogP contribution in [0.15, 0.2) is 0 Å². The number of hydrogen-bond donors (Lipinski definition) is 1. The van der Waals surface area contributed by atoms with Gasteiger partial charge in [0.05, 0.1) is 0 Å². The maximum atomic E-state index is 9.83. The second kappa shape index (κ2) is 5.92. The summed E-state index contributed by atoms with van der Waals surface area (Å²) in [6.45, 7) is 0. The molecule has 0 unspecified atom stereocenters. The molecule has 0 radical (unpaired) electrons. The fourth-order valence-corrected chi connectivity index (χ4v) is 0. The molecule has 0 aromatic carbocycles. The molecular weight excluding hydrogens is 265 g/mol. The Bertz CT molecular complexity index is 87.7. The summed E-state index contributed by atoms with van der Waals surface area (Å²) in [5, 5.41) is 0. The molecule has 0 fully saturated rings. The molecule has 0 atom stereocenters. The molecule has 0 heterocycles. The van der Waals surface area contributed by atoms with Crippen molar-refractivity contribution in [1.82, 2.24) is 0 Å². The van der Waals surface area contributed by atoms with Crippen LogP contribution in [0.1, 0.15) is 0 Å². The molecule has 0 saturated carbocycles. The van der Waals surface area contributed by atoms with Gasteiger partial charge in [0.25, 0.3) is 0 Å². The van der Waals surface area contributed by atoms with E-state index < -0.39 is 27.5 Å². The fourth-order valence-electron chi connectivity index (χ4n) is 0. The van der Waals surface area contributed by atoms with Crippen molar-refractivity contribution < 1.29 is 7.84 Å². The summed E-state index contributed by atoms with van der Waals surface area (Å²) in [6.07, 6.45) is 0. The van der Waals surface area contributed by atoms with Crippen molar-refractivity contribution in [3.05, 3.63) is 0 Å².